The highest BCUT2D eigenvalue weighted by Gasteiger charge is 2.21. The van der Waals surface area contributed by atoms with Gasteiger partial charge in [0.25, 0.3) is 0 Å². The first-order chi connectivity index (χ1) is 20.5. The topological polar surface area (TPSA) is 97.4 Å². The smallest absolute Gasteiger partial charge is 0.220 e. The highest BCUT2D eigenvalue weighted by atomic mass is 35.5. The van der Waals surface area contributed by atoms with Crippen molar-refractivity contribution in [2.75, 3.05) is 26.8 Å². The van der Waals surface area contributed by atoms with E-state index < -0.39 is 0 Å². The number of pyridine rings is 2. The lowest BCUT2D eigenvalue weighted by Crippen LogP contribution is -2.35. The van der Waals surface area contributed by atoms with E-state index in [4.69, 9.17) is 42.6 Å². The Morgan fingerprint density at radius 1 is 0.952 bits per heavy atom. The molecule has 4 heterocycles. The van der Waals surface area contributed by atoms with Crippen molar-refractivity contribution in [1.29, 1.82) is 0 Å². The number of aromatic nitrogens is 2. The van der Waals surface area contributed by atoms with Crippen molar-refractivity contribution in [3.05, 3.63) is 81.8 Å². The van der Waals surface area contributed by atoms with E-state index in [1.165, 1.54) is 0 Å². The first-order valence-corrected chi connectivity index (χ1v) is 14.7. The van der Waals surface area contributed by atoms with Gasteiger partial charge in [-0.05, 0) is 18.6 Å². The van der Waals surface area contributed by atoms with E-state index >= 15 is 0 Å². The molecule has 216 valence electrons. The molecule has 0 spiro atoms. The Morgan fingerprint density at radius 2 is 1.64 bits per heavy atom. The van der Waals surface area contributed by atoms with Crippen LogP contribution in [-0.4, -0.2) is 48.7 Å². The van der Waals surface area contributed by atoms with E-state index in [0.29, 0.717) is 53.6 Å². The van der Waals surface area contributed by atoms with Crippen molar-refractivity contribution in [2.45, 2.75) is 32.0 Å². The molecule has 1 saturated heterocycles. The molecular weight excluding hydrogens is 573 g/mol. The Labute approximate surface area is 254 Å². The maximum atomic E-state index is 11.5. The van der Waals surface area contributed by atoms with Crippen LogP contribution in [-0.2, 0) is 17.9 Å². The Hall–Kier alpha value is -3.69. The molecule has 6 rings (SSSR count). The fourth-order valence-corrected chi connectivity index (χ4v) is 5.99. The number of ether oxygens (including phenoxy) is 2. The van der Waals surface area contributed by atoms with Gasteiger partial charge in [-0.15, -0.1) is 0 Å². The number of hydrogen-bond acceptors (Lipinski definition) is 7. The Balaban J connectivity index is 1.27. The van der Waals surface area contributed by atoms with Crippen molar-refractivity contribution in [2.24, 2.45) is 0 Å². The van der Waals surface area contributed by atoms with Crippen molar-refractivity contribution >= 4 is 29.1 Å². The van der Waals surface area contributed by atoms with Crippen molar-refractivity contribution in [3.8, 4) is 45.4 Å². The van der Waals surface area contributed by atoms with Crippen LogP contribution >= 0.6 is 23.2 Å². The largest absolute Gasteiger partial charge is 0.481 e. The number of nitrogens with one attached hydrogen (secondary N) is 3. The van der Waals surface area contributed by atoms with Gasteiger partial charge in [-0.1, -0.05) is 71.7 Å². The van der Waals surface area contributed by atoms with Gasteiger partial charge >= 0.3 is 0 Å². The van der Waals surface area contributed by atoms with Crippen LogP contribution in [0.5, 0.6) is 11.8 Å². The fourth-order valence-electron chi connectivity index (χ4n) is 5.34. The lowest BCUT2D eigenvalue weighted by molar-refractivity contribution is -0.119. The summed E-state index contributed by atoms with van der Waals surface area (Å²) in [7, 11) is 1.61. The molecule has 10 heteroatoms. The Kier molecular flexibility index (Phi) is 8.58. The predicted molar refractivity (Wildman–Crippen MR) is 165 cm³/mol. The average Bonchev–Trinajstić information content (AvgIpc) is 3.27. The Bertz CT molecular complexity index is 1630. The van der Waals surface area contributed by atoms with Crippen molar-refractivity contribution in [1.82, 2.24) is 25.9 Å². The van der Waals surface area contributed by atoms with Crippen molar-refractivity contribution in [3.63, 3.8) is 0 Å². The first-order valence-electron chi connectivity index (χ1n) is 14.0. The maximum absolute atomic E-state index is 11.5. The quantitative estimate of drug-likeness (QED) is 0.240. The summed E-state index contributed by atoms with van der Waals surface area (Å²) in [6.45, 7) is 3.32. The number of carbonyl (C=O) groups excluding carboxylic acids is 1. The number of fused-ring (bicyclic) bond motifs is 1. The minimum Gasteiger partial charge on any atom is -0.481 e. The molecule has 2 aromatic heterocycles. The monoisotopic (exact) mass is 603 g/mol. The minimum atomic E-state index is 0.107. The molecule has 0 unspecified atom stereocenters. The summed E-state index contributed by atoms with van der Waals surface area (Å²) in [5.41, 5.74) is 6.53. The van der Waals surface area contributed by atoms with Crippen LogP contribution in [0.3, 0.4) is 0 Å². The summed E-state index contributed by atoms with van der Waals surface area (Å²) in [5.74, 6) is 1.25. The van der Waals surface area contributed by atoms with Gasteiger partial charge in [0.2, 0.25) is 17.7 Å². The molecule has 4 aromatic rings. The number of benzene rings is 2. The van der Waals surface area contributed by atoms with Gasteiger partial charge < -0.3 is 25.4 Å². The summed E-state index contributed by atoms with van der Waals surface area (Å²) < 4.78 is 11.5. The molecule has 0 bridgehead atoms. The highest BCUT2D eigenvalue weighted by Crippen LogP contribution is 2.42. The predicted octanol–water partition coefficient (Wildman–Crippen LogP) is 5.64. The zero-order valence-corrected chi connectivity index (χ0v) is 24.7. The molecule has 42 heavy (non-hydrogen) atoms. The SMILES string of the molecule is COc1nc(-c2cccc(-c3cccc(-c4ccc5c(n4)OCCNC5)c3Cl)c2Cl)ccc1CNC[C@H]1CCC(=O)N1. The molecule has 1 amide bonds. The van der Waals surface area contributed by atoms with E-state index in [1.54, 1.807) is 7.11 Å². The van der Waals surface area contributed by atoms with Crippen LogP contribution in [0, 0.1) is 0 Å². The fraction of sp³-hybridized carbons (Fsp3) is 0.281. The number of amides is 1. The summed E-state index contributed by atoms with van der Waals surface area (Å²) in [4.78, 5) is 21.0. The zero-order chi connectivity index (χ0) is 29.1. The summed E-state index contributed by atoms with van der Waals surface area (Å²) in [5, 5.41) is 10.8. The summed E-state index contributed by atoms with van der Waals surface area (Å²) in [6, 6.07) is 19.8. The molecular formula is C32H31Cl2N5O3. The van der Waals surface area contributed by atoms with Crippen LogP contribution in [0.1, 0.15) is 24.0 Å². The number of nitrogens with zero attached hydrogens (tertiary/aromatic N) is 2. The van der Waals surface area contributed by atoms with Gasteiger partial charge in [-0.2, -0.15) is 0 Å². The first kappa shape index (κ1) is 28.4. The lowest BCUT2D eigenvalue weighted by Gasteiger charge is -2.16. The maximum Gasteiger partial charge on any atom is 0.220 e. The van der Waals surface area contributed by atoms with Gasteiger partial charge in [0.15, 0.2) is 0 Å². The van der Waals surface area contributed by atoms with E-state index in [2.05, 4.69) is 16.0 Å². The molecule has 2 aliphatic rings. The third-order valence-electron chi connectivity index (χ3n) is 7.54. The molecule has 0 saturated carbocycles. The zero-order valence-electron chi connectivity index (χ0n) is 23.2. The number of rotatable bonds is 8. The minimum absolute atomic E-state index is 0.107. The van der Waals surface area contributed by atoms with Crippen LogP contribution in [0.25, 0.3) is 33.6 Å². The molecule has 1 atom stereocenters. The average molecular weight is 605 g/mol. The van der Waals surface area contributed by atoms with Crippen LogP contribution in [0.15, 0.2) is 60.7 Å². The number of methoxy groups -OCH3 is 1. The van der Waals surface area contributed by atoms with E-state index in [-0.39, 0.29) is 11.9 Å². The molecule has 2 aromatic carbocycles. The standard InChI is InChI=1S/C32H31Cl2N5O3/c1-41-31-19(17-36-18-21-10-13-28(40)37-21)8-11-26(38-31)24-6-2-4-22(29(24)33)23-5-3-7-25(30(23)34)27-12-9-20-16-35-14-15-42-32(20)39-27/h2-9,11-12,21,35-36H,10,13-18H2,1H3,(H,37,40)/t21-/m1/s1. The summed E-state index contributed by atoms with van der Waals surface area (Å²) >= 11 is 14.1. The second kappa shape index (κ2) is 12.7. The van der Waals surface area contributed by atoms with Gasteiger partial charge in [0.1, 0.15) is 6.61 Å². The van der Waals surface area contributed by atoms with Crippen molar-refractivity contribution < 1.29 is 14.3 Å². The number of halogens is 2. The summed E-state index contributed by atoms with van der Waals surface area (Å²) in [6.07, 6.45) is 1.43. The van der Waals surface area contributed by atoms with E-state index in [9.17, 15) is 4.79 Å². The van der Waals surface area contributed by atoms with Crippen LogP contribution in [0.2, 0.25) is 10.0 Å². The normalized spacial score (nSPS) is 16.4. The molecule has 0 aliphatic carbocycles. The number of carbonyl (C=O) groups is 1. The molecule has 0 radical (unpaired) electrons. The van der Waals surface area contributed by atoms with Gasteiger partial charge in [-0.25, -0.2) is 9.97 Å². The van der Waals surface area contributed by atoms with Gasteiger partial charge in [0, 0.05) is 72.0 Å². The highest BCUT2D eigenvalue weighted by molar-refractivity contribution is 6.39. The van der Waals surface area contributed by atoms with Gasteiger partial charge in [-0.3, -0.25) is 4.79 Å². The van der Waals surface area contributed by atoms with E-state index in [0.717, 1.165) is 58.6 Å². The molecule has 8 nitrogen and oxygen atoms in total. The Morgan fingerprint density at radius 3 is 2.33 bits per heavy atom. The third-order valence-corrected chi connectivity index (χ3v) is 8.35. The number of hydrogen-bond donors (Lipinski definition) is 3. The molecule has 1 fully saturated rings. The second-order valence-corrected chi connectivity index (χ2v) is 11.1. The van der Waals surface area contributed by atoms with Crippen LogP contribution < -0.4 is 25.4 Å². The molecule has 2 aliphatic heterocycles. The van der Waals surface area contributed by atoms with Gasteiger partial charge in [0.05, 0.1) is 28.5 Å². The van der Waals surface area contributed by atoms with Crippen LogP contribution in [0.4, 0.5) is 0 Å². The van der Waals surface area contributed by atoms with E-state index in [1.807, 2.05) is 60.7 Å². The molecule has 3 N–H and O–H groups in total. The third kappa shape index (κ3) is 5.94. The lowest BCUT2D eigenvalue weighted by atomic mass is 9.98. The second-order valence-electron chi connectivity index (χ2n) is 10.3.